The Morgan fingerprint density at radius 2 is 2.05 bits per heavy atom. The van der Waals surface area contributed by atoms with Crippen LogP contribution in [-0.2, 0) is 11.8 Å². The summed E-state index contributed by atoms with van der Waals surface area (Å²) in [6, 6.07) is 4.97. The molecule has 2 unspecified atom stereocenters. The van der Waals surface area contributed by atoms with Crippen LogP contribution in [0.3, 0.4) is 0 Å². The number of carbonyl (C=O) groups excluding carboxylic acids is 1. The molecule has 6 nitrogen and oxygen atoms in total. The molecule has 7 heteroatoms. The number of likely N-dealkylation sites (N-methyl/N-ethyl adjacent to an activating group) is 1. The highest BCUT2D eigenvalue weighted by atomic mass is 19.1. The van der Waals surface area contributed by atoms with Crippen LogP contribution in [0.25, 0.3) is 0 Å². The van der Waals surface area contributed by atoms with Gasteiger partial charge in [0.05, 0.1) is 12.3 Å². The molecule has 0 bridgehead atoms. The number of halogens is 1. The van der Waals surface area contributed by atoms with Crippen LogP contribution in [0.2, 0.25) is 0 Å². The minimum Gasteiger partial charge on any atom is -0.387 e. The fourth-order valence-corrected chi connectivity index (χ4v) is 2.14. The summed E-state index contributed by atoms with van der Waals surface area (Å²) in [4.78, 5) is 12.2. The van der Waals surface area contributed by atoms with Crippen molar-refractivity contribution < 1.29 is 14.3 Å². The molecule has 2 atom stereocenters. The predicted octanol–water partition coefficient (Wildman–Crippen LogP) is 0.669. The second-order valence-electron chi connectivity index (χ2n) is 4.98. The molecule has 0 radical (unpaired) electrons. The van der Waals surface area contributed by atoms with Crippen LogP contribution in [0.5, 0.6) is 0 Å². The van der Waals surface area contributed by atoms with Gasteiger partial charge in [0.1, 0.15) is 11.9 Å². The van der Waals surface area contributed by atoms with Gasteiger partial charge in [-0.05, 0) is 24.7 Å². The van der Waals surface area contributed by atoms with Crippen LogP contribution in [0.4, 0.5) is 4.39 Å². The number of amides is 1. The molecule has 2 rings (SSSR count). The van der Waals surface area contributed by atoms with E-state index in [0.29, 0.717) is 5.56 Å². The first-order valence-electron chi connectivity index (χ1n) is 6.88. The molecule has 0 aliphatic carbocycles. The van der Waals surface area contributed by atoms with Crippen LogP contribution >= 0.6 is 0 Å². The SMILES string of the molecule is CNC(C(=O)NCC(O)c1ccc(F)cc1)c1cnn(C)c1. The van der Waals surface area contributed by atoms with Crippen LogP contribution in [0.15, 0.2) is 36.7 Å². The molecule has 0 aliphatic heterocycles. The van der Waals surface area contributed by atoms with Gasteiger partial charge in [-0.1, -0.05) is 12.1 Å². The number of aryl methyl sites for hydroxylation is 1. The first kappa shape index (κ1) is 16.1. The van der Waals surface area contributed by atoms with E-state index in [0.717, 1.165) is 5.56 Å². The number of aromatic nitrogens is 2. The number of nitrogens with one attached hydrogen (secondary N) is 2. The zero-order chi connectivity index (χ0) is 16.1. The largest absolute Gasteiger partial charge is 0.387 e. The Labute approximate surface area is 128 Å². The van der Waals surface area contributed by atoms with Crippen molar-refractivity contribution in [2.45, 2.75) is 12.1 Å². The number of benzene rings is 1. The highest BCUT2D eigenvalue weighted by Gasteiger charge is 2.20. The van der Waals surface area contributed by atoms with Gasteiger partial charge in [0.15, 0.2) is 0 Å². The molecule has 0 saturated carbocycles. The van der Waals surface area contributed by atoms with Crippen molar-refractivity contribution in [1.29, 1.82) is 0 Å². The van der Waals surface area contributed by atoms with Crippen molar-refractivity contribution >= 4 is 5.91 Å². The zero-order valence-electron chi connectivity index (χ0n) is 12.5. The van der Waals surface area contributed by atoms with E-state index in [1.807, 2.05) is 0 Å². The standard InChI is InChI=1S/C15H19FN4O2/c1-17-14(11-7-19-20(2)9-11)15(22)18-8-13(21)10-3-5-12(16)6-4-10/h3-7,9,13-14,17,21H,8H2,1-2H3,(H,18,22). The molecule has 0 aliphatic rings. The molecule has 1 amide bonds. The highest BCUT2D eigenvalue weighted by molar-refractivity contribution is 5.83. The lowest BCUT2D eigenvalue weighted by Crippen LogP contribution is -2.37. The molecule has 0 spiro atoms. The van der Waals surface area contributed by atoms with Crippen LogP contribution in [0.1, 0.15) is 23.3 Å². The second-order valence-corrected chi connectivity index (χ2v) is 4.98. The van der Waals surface area contributed by atoms with E-state index in [2.05, 4.69) is 15.7 Å². The van der Waals surface area contributed by atoms with Crippen molar-refractivity contribution in [1.82, 2.24) is 20.4 Å². The molecule has 0 fully saturated rings. The number of nitrogens with zero attached hydrogens (tertiary/aromatic N) is 2. The lowest BCUT2D eigenvalue weighted by atomic mass is 10.1. The maximum Gasteiger partial charge on any atom is 0.241 e. The van der Waals surface area contributed by atoms with Gasteiger partial charge in [-0.25, -0.2) is 4.39 Å². The number of aliphatic hydroxyl groups is 1. The summed E-state index contributed by atoms with van der Waals surface area (Å²) in [6.07, 6.45) is 2.46. The Hall–Kier alpha value is -2.25. The molecule has 0 saturated heterocycles. The van der Waals surface area contributed by atoms with E-state index in [9.17, 15) is 14.3 Å². The number of hydrogen-bond donors (Lipinski definition) is 3. The van der Waals surface area contributed by atoms with Crippen molar-refractivity contribution in [2.75, 3.05) is 13.6 Å². The Balaban J connectivity index is 1.94. The van der Waals surface area contributed by atoms with Gasteiger partial charge in [-0.2, -0.15) is 5.10 Å². The lowest BCUT2D eigenvalue weighted by Gasteiger charge is -2.17. The Kier molecular flexibility index (Phi) is 5.24. The maximum absolute atomic E-state index is 12.8. The van der Waals surface area contributed by atoms with Gasteiger partial charge in [-0.3, -0.25) is 9.48 Å². The molecular formula is C15H19FN4O2. The van der Waals surface area contributed by atoms with E-state index in [4.69, 9.17) is 0 Å². The summed E-state index contributed by atoms with van der Waals surface area (Å²) >= 11 is 0. The average molecular weight is 306 g/mol. The predicted molar refractivity (Wildman–Crippen MR) is 79.4 cm³/mol. The zero-order valence-corrected chi connectivity index (χ0v) is 12.5. The fourth-order valence-electron chi connectivity index (χ4n) is 2.14. The Bertz CT molecular complexity index is 627. The number of hydrogen-bond acceptors (Lipinski definition) is 4. The van der Waals surface area contributed by atoms with Crippen molar-refractivity contribution in [3.8, 4) is 0 Å². The van der Waals surface area contributed by atoms with Crippen molar-refractivity contribution in [2.24, 2.45) is 7.05 Å². The van der Waals surface area contributed by atoms with Crippen LogP contribution in [0, 0.1) is 5.82 Å². The van der Waals surface area contributed by atoms with Gasteiger partial charge in [-0.15, -0.1) is 0 Å². The van der Waals surface area contributed by atoms with E-state index in [1.54, 1.807) is 31.2 Å². The van der Waals surface area contributed by atoms with E-state index in [-0.39, 0.29) is 18.3 Å². The molecule has 118 valence electrons. The topological polar surface area (TPSA) is 79.2 Å². The summed E-state index contributed by atoms with van der Waals surface area (Å²) in [6.45, 7) is 0.0446. The molecule has 22 heavy (non-hydrogen) atoms. The lowest BCUT2D eigenvalue weighted by molar-refractivity contribution is -0.123. The van der Waals surface area contributed by atoms with Gasteiger partial charge < -0.3 is 15.7 Å². The van der Waals surface area contributed by atoms with E-state index >= 15 is 0 Å². The molecule has 1 aromatic carbocycles. The van der Waals surface area contributed by atoms with Crippen LogP contribution < -0.4 is 10.6 Å². The Morgan fingerprint density at radius 1 is 1.36 bits per heavy atom. The number of aliphatic hydroxyl groups excluding tert-OH is 1. The summed E-state index contributed by atoms with van der Waals surface area (Å²) in [5.74, 6) is -0.636. The van der Waals surface area contributed by atoms with Crippen molar-refractivity contribution in [3.63, 3.8) is 0 Å². The molecule has 3 N–H and O–H groups in total. The molecule has 2 aromatic rings. The summed E-state index contributed by atoms with van der Waals surface area (Å²) < 4.78 is 14.4. The van der Waals surface area contributed by atoms with Gasteiger partial charge >= 0.3 is 0 Å². The van der Waals surface area contributed by atoms with Gasteiger partial charge in [0.25, 0.3) is 0 Å². The fraction of sp³-hybridized carbons (Fsp3) is 0.333. The normalized spacial score (nSPS) is 13.6. The third kappa shape index (κ3) is 3.90. The highest BCUT2D eigenvalue weighted by Crippen LogP contribution is 2.14. The number of carbonyl (C=O) groups is 1. The average Bonchev–Trinajstić information content (AvgIpc) is 2.92. The molecule has 1 aromatic heterocycles. The van der Waals surface area contributed by atoms with Crippen LogP contribution in [-0.4, -0.2) is 34.4 Å². The number of rotatable bonds is 6. The summed E-state index contributed by atoms with van der Waals surface area (Å²) in [5.41, 5.74) is 1.28. The first-order valence-corrected chi connectivity index (χ1v) is 6.88. The second kappa shape index (κ2) is 7.15. The third-order valence-electron chi connectivity index (χ3n) is 3.33. The monoisotopic (exact) mass is 306 g/mol. The van der Waals surface area contributed by atoms with Gasteiger partial charge in [0, 0.05) is 25.4 Å². The van der Waals surface area contributed by atoms with Crippen molar-refractivity contribution in [3.05, 3.63) is 53.6 Å². The Morgan fingerprint density at radius 3 is 2.59 bits per heavy atom. The quantitative estimate of drug-likeness (QED) is 0.733. The van der Waals surface area contributed by atoms with E-state index in [1.165, 1.54) is 24.3 Å². The maximum atomic E-state index is 12.8. The minimum atomic E-state index is -0.893. The summed E-state index contributed by atoms with van der Waals surface area (Å²) in [5, 5.41) is 19.6. The van der Waals surface area contributed by atoms with Gasteiger partial charge in [0.2, 0.25) is 5.91 Å². The smallest absolute Gasteiger partial charge is 0.241 e. The first-order chi connectivity index (χ1) is 10.5. The van der Waals surface area contributed by atoms with E-state index < -0.39 is 12.1 Å². The third-order valence-corrected chi connectivity index (χ3v) is 3.33. The molecular weight excluding hydrogens is 287 g/mol. The molecule has 1 heterocycles. The summed E-state index contributed by atoms with van der Waals surface area (Å²) in [7, 11) is 3.44. The minimum absolute atomic E-state index is 0.0446.